The molecule has 1 atom stereocenters. The first-order valence-electron chi connectivity index (χ1n) is 11.7. The van der Waals surface area contributed by atoms with Gasteiger partial charge in [0, 0.05) is 30.7 Å². The summed E-state index contributed by atoms with van der Waals surface area (Å²) in [7, 11) is 4.33. The molecular formula is C24H33N7O2. The number of hydrogen-bond donors (Lipinski definition) is 3. The van der Waals surface area contributed by atoms with Crippen molar-refractivity contribution in [3.8, 4) is 0 Å². The zero-order valence-corrected chi connectivity index (χ0v) is 19.4. The van der Waals surface area contributed by atoms with Crippen molar-refractivity contribution >= 4 is 17.5 Å². The van der Waals surface area contributed by atoms with E-state index in [0.717, 1.165) is 31.4 Å². The summed E-state index contributed by atoms with van der Waals surface area (Å²) in [6, 6.07) is 10.8. The number of rotatable bonds is 4. The summed E-state index contributed by atoms with van der Waals surface area (Å²) in [6.45, 7) is 2.27. The SMILES string of the molecule is CN(C)[C@]1(c2ccccc2)CC[C@]2(CC1)CN(c1cnc(N3CCNC(=O)C3)nc1)C(O)N2. The van der Waals surface area contributed by atoms with Crippen LogP contribution in [-0.4, -0.2) is 78.0 Å². The van der Waals surface area contributed by atoms with E-state index in [1.165, 1.54) is 5.56 Å². The zero-order valence-electron chi connectivity index (χ0n) is 19.4. The number of amides is 1. The standard InChI is InChI=1S/C24H33N7O2/c1-29(2)24(18-6-4-3-5-7-18)10-8-23(9-11-24)17-31(22(33)28-23)19-14-26-21(27-15-19)30-13-12-25-20(32)16-30/h3-7,14-15,22,28,33H,8-13,16-17H2,1-2H3,(H,25,32)/t22?,23-,24+. The van der Waals surface area contributed by atoms with Crippen LogP contribution < -0.4 is 20.4 Å². The molecule has 3 N–H and O–H groups in total. The highest BCUT2D eigenvalue weighted by Gasteiger charge is 2.50. The van der Waals surface area contributed by atoms with Crippen LogP contribution in [0.2, 0.25) is 0 Å². The van der Waals surface area contributed by atoms with Crippen molar-refractivity contribution in [3.63, 3.8) is 0 Å². The monoisotopic (exact) mass is 451 g/mol. The van der Waals surface area contributed by atoms with E-state index >= 15 is 0 Å². The summed E-state index contributed by atoms with van der Waals surface area (Å²) in [4.78, 5) is 26.8. The van der Waals surface area contributed by atoms with Crippen LogP contribution in [0.5, 0.6) is 0 Å². The van der Waals surface area contributed by atoms with Crippen LogP contribution >= 0.6 is 0 Å². The topological polar surface area (TPSA) is 96.9 Å². The third-order valence-corrected chi connectivity index (χ3v) is 7.68. The summed E-state index contributed by atoms with van der Waals surface area (Å²) in [6.07, 6.45) is 6.69. The predicted octanol–water partition coefficient (Wildman–Crippen LogP) is 0.868. The molecule has 3 fully saturated rings. The minimum Gasteiger partial charge on any atom is -0.361 e. The number of piperazine rings is 1. The van der Waals surface area contributed by atoms with Gasteiger partial charge in [0.05, 0.1) is 24.6 Å². The second kappa shape index (κ2) is 8.55. The van der Waals surface area contributed by atoms with Crippen molar-refractivity contribution in [3.05, 3.63) is 48.3 Å². The highest BCUT2D eigenvalue weighted by atomic mass is 16.3. The molecule has 1 unspecified atom stereocenters. The molecule has 1 aromatic carbocycles. The largest absolute Gasteiger partial charge is 0.361 e. The lowest BCUT2D eigenvalue weighted by Gasteiger charge is -2.49. The number of carbonyl (C=O) groups excluding carboxylic acids is 1. The fraction of sp³-hybridized carbons (Fsp3) is 0.542. The minimum absolute atomic E-state index is 0.0120. The van der Waals surface area contributed by atoms with Gasteiger partial charge >= 0.3 is 0 Å². The van der Waals surface area contributed by atoms with E-state index in [2.05, 4.69) is 69.9 Å². The zero-order chi connectivity index (χ0) is 23.1. The van der Waals surface area contributed by atoms with E-state index in [4.69, 9.17) is 0 Å². The van der Waals surface area contributed by atoms with Crippen molar-refractivity contribution in [1.82, 2.24) is 25.5 Å². The first-order valence-corrected chi connectivity index (χ1v) is 11.7. The molecule has 0 bridgehead atoms. The second-order valence-corrected chi connectivity index (χ2v) is 9.73. The molecule has 1 saturated carbocycles. The van der Waals surface area contributed by atoms with Gasteiger partial charge in [0.1, 0.15) is 0 Å². The maximum absolute atomic E-state index is 11.7. The fourth-order valence-electron chi connectivity index (χ4n) is 5.66. The van der Waals surface area contributed by atoms with Crippen molar-refractivity contribution in [2.24, 2.45) is 0 Å². The number of aliphatic hydroxyl groups excluding tert-OH is 1. The number of aromatic nitrogens is 2. The number of anilines is 2. The summed E-state index contributed by atoms with van der Waals surface area (Å²) in [5, 5.41) is 17.1. The minimum atomic E-state index is -0.774. The Bertz CT molecular complexity index is 974. The summed E-state index contributed by atoms with van der Waals surface area (Å²) in [5.74, 6) is 0.526. The van der Waals surface area contributed by atoms with Crippen molar-refractivity contribution in [2.45, 2.75) is 43.1 Å². The predicted molar refractivity (Wildman–Crippen MR) is 127 cm³/mol. The number of nitrogens with zero attached hydrogens (tertiary/aromatic N) is 5. The normalized spacial score (nSPS) is 30.2. The molecule has 1 aromatic heterocycles. The fourth-order valence-corrected chi connectivity index (χ4v) is 5.66. The van der Waals surface area contributed by atoms with Crippen LogP contribution in [0.15, 0.2) is 42.7 Å². The molecule has 9 nitrogen and oxygen atoms in total. The van der Waals surface area contributed by atoms with E-state index < -0.39 is 6.35 Å². The number of aliphatic hydroxyl groups is 1. The Balaban J connectivity index is 1.29. The summed E-state index contributed by atoms with van der Waals surface area (Å²) in [5.41, 5.74) is 2.01. The molecule has 33 heavy (non-hydrogen) atoms. The molecule has 9 heteroatoms. The third-order valence-electron chi connectivity index (χ3n) is 7.68. The lowest BCUT2D eigenvalue weighted by molar-refractivity contribution is -0.120. The summed E-state index contributed by atoms with van der Waals surface area (Å²) >= 11 is 0. The molecule has 3 aliphatic rings. The Morgan fingerprint density at radius 1 is 1.09 bits per heavy atom. The van der Waals surface area contributed by atoms with E-state index in [-0.39, 0.29) is 23.5 Å². The van der Waals surface area contributed by atoms with Gasteiger partial charge in [-0.3, -0.25) is 15.0 Å². The Morgan fingerprint density at radius 2 is 1.79 bits per heavy atom. The molecule has 5 rings (SSSR count). The summed E-state index contributed by atoms with van der Waals surface area (Å²) < 4.78 is 0. The molecule has 1 aliphatic carbocycles. The number of benzene rings is 1. The average Bonchev–Trinajstić information content (AvgIpc) is 3.16. The van der Waals surface area contributed by atoms with Gasteiger partial charge in [-0.1, -0.05) is 30.3 Å². The van der Waals surface area contributed by atoms with Gasteiger partial charge < -0.3 is 20.2 Å². The smallest absolute Gasteiger partial charge is 0.239 e. The molecule has 2 aliphatic heterocycles. The molecular weight excluding hydrogens is 418 g/mol. The lowest BCUT2D eigenvalue weighted by Crippen LogP contribution is -2.54. The van der Waals surface area contributed by atoms with Crippen LogP contribution in [0.1, 0.15) is 31.2 Å². The quantitative estimate of drug-likeness (QED) is 0.630. The van der Waals surface area contributed by atoms with E-state index in [1.54, 1.807) is 12.4 Å². The Hall–Kier alpha value is -2.75. The third kappa shape index (κ3) is 4.05. The Morgan fingerprint density at radius 3 is 2.42 bits per heavy atom. The van der Waals surface area contributed by atoms with Crippen LogP contribution in [-0.2, 0) is 10.3 Å². The van der Waals surface area contributed by atoms with Gasteiger partial charge in [0.15, 0.2) is 6.35 Å². The first kappa shape index (κ1) is 22.1. The molecule has 3 heterocycles. The van der Waals surface area contributed by atoms with Gasteiger partial charge in [0.2, 0.25) is 11.9 Å². The van der Waals surface area contributed by atoms with Crippen molar-refractivity contribution in [1.29, 1.82) is 0 Å². The van der Waals surface area contributed by atoms with Crippen LogP contribution in [0.25, 0.3) is 0 Å². The Labute approximate surface area is 194 Å². The van der Waals surface area contributed by atoms with Crippen LogP contribution in [0.4, 0.5) is 11.6 Å². The van der Waals surface area contributed by atoms with E-state index in [1.807, 2.05) is 9.80 Å². The van der Waals surface area contributed by atoms with Gasteiger partial charge in [-0.25, -0.2) is 9.97 Å². The maximum Gasteiger partial charge on any atom is 0.239 e. The Kier molecular flexibility index (Phi) is 5.72. The lowest BCUT2D eigenvalue weighted by atomic mass is 9.69. The van der Waals surface area contributed by atoms with Crippen LogP contribution in [0.3, 0.4) is 0 Å². The number of carbonyl (C=O) groups is 1. The highest BCUT2D eigenvalue weighted by Crippen LogP contribution is 2.46. The molecule has 176 valence electrons. The number of hydrogen-bond acceptors (Lipinski definition) is 8. The molecule has 2 saturated heterocycles. The van der Waals surface area contributed by atoms with Crippen LogP contribution in [0, 0.1) is 0 Å². The molecule has 2 aromatic rings. The number of nitrogens with one attached hydrogen (secondary N) is 2. The molecule has 0 radical (unpaired) electrons. The van der Waals surface area contributed by atoms with Crippen molar-refractivity contribution < 1.29 is 9.90 Å². The van der Waals surface area contributed by atoms with Gasteiger partial charge in [-0.2, -0.15) is 0 Å². The van der Waals surface area contributed by atoms with Gasteiger partial charge in [-0.05, 0) is 45.3 Å². The van der Waals surface area contributed by atoms with Gasteiger partial charge in [-0.15, -0.1) is 0 Å². The maximum atomic E-state index is 11.7. The molecule has 1 spiro atoms. The molecule has 1 amide bonds. The average molecular weight is 452 g/mol. The highest BCUT2D eigenvalue weighted by molar-refractivity contribution is 5.81. The van der Waals surface area contributed by atoms with E-state index in [9.17, 15) is 9.90 Å². The van der Waals surface area contributed by atoms with Crippen molar-refractivity contribution in [2.75, 3.05) is 50.1 Å². The second-order valence-electron chi connectivity index (χ2n) is 9.73. The van der Waals surface area contributed by atoms with E-state index in [0.29, 0.717) is 25.6 Å². The van der Waals surface area contributed by atoms with Gasteiger partial charge in [0.25, 0.3) is 0 Å². The first-order chi connectivity index (χ1) is 15.9.